The molecule has 3 aromatic rings. The van der Waals surface area contributed by atoms with Gasteiger partial charge in [0.2, 0.25) is 17.8 Å². The van der Waals surface area contributed by atoms with Gasteiger partial charge >= 0.3 is 0 Å². The molecule has 4 heterocycles. The molecule has 12 nitrogen and oxygen atoms in total. The van der Waals surface area contributed by atoms with Crippen LogP contribution in [0.5, 0.6) is 0 Å². The van der Waals surface area contributed by atoms with Gasteiger partial charge in [-0.05, 0) is 38.1 Å². The number of piperazine rings is 1. The third kappa shape index (κ3) is 4.89. The number of anilines is 5. The van der Waals surface area contributed by atoms with E-state index in [2.05, 4.69) is 47.3 Å². The normalized spacial score (nSPS) is 20.5. The van der Waals surface area contributed by atoms with Crippen LogP contribution >= 0.6 is 0 Å². The van der Waals surface area contributed by atoms with Gasteiger partial charge in [0, 0.05) is 62.6 Å². The number of nitrogens with one attached hydrogen (secondary N) is 1. The number of nitrogens with zero attached hydrogens (tertiary/aromatic N) is 8. The number of ether oxygens (including phenoxy) is 1. The zero-order valence-corrected chi connectivity index (χ0v) is 20.8. The number of aromatic nitrogens is 5. The van der Waals surface area contributed by atoms with Gasteiger partial charge in [-0.1, -0.05) is 0 Å². The largest absolute Gasteiger partial charge is 0.378 e. The Bertz CT molecular complexity index is 1200. The average molecular weight is 493 g/mol. The first-order valence-corrected chi connectivity index (χ1v) is 12.2. The van der Waals surface area contributed by atoms with E-state index in [9.17, 15) is 4.79 Å². The maximum absolute atomic E-state index is 12.0. The van der Waals surface area contributed by atoms with Crippen LogP contribution < -0.4 is 20.9 Å². The van der Waals surface area contributed by atoms with E-state index in [-0.39, 0.29) is 23.9 Å². The van der Waals surface area contributed by atoms with Gasteiger partial charge in [-0.3, -0.25) is 4.79 Å². The molecule has 2 aliphatic heterocycles. The molecule has 3 N–H and O–H groups in total. The molecule has 0 aliphatic carbocycles. The molecule has 0 bridgehead atoms. The van der Waals surface area contributed by atoms with E-state index < -0.39 is 0 Å². The molecule has 2 fully saturated rings. The molecule has 1 amide bonds. The van der Waals surface area contributed by atoms with Crippen molar-refractivity contribution in [3.63, 3.8) is 0 Å². The molecule has 5 rings (SSSR count). The van der Waals surface area contributed by atoms with Crippen molar-refractivity contribution >= 4 is 35.0 Å². The van der Waals surface area contributed by atoms with E-state index >= 15 is 0 Å². The molecule has 2 saturated heterocycles. The molecule has 190 valence electrons. The summed E-state index contributed by atoms with van der Waals surface area (Å²) in [6, 6.07) is 10.1. The Morgan fingerprint density at radius 1 is 1.03 bits per heavy atom. The third-order valence-electron chi connectivity index (χ3n) is 6.59. The van der Waals surface area contributed by atoms with Gasteiger partial charge in [0.1, 0.15) is 12.1 Å². The van der Waals surface area contributed by atoms with Gasteiger partial charge in [-0.15, -0.1) is 5.10 Å². The minimum Gasteiger partial charge on any atom is -0.378 e. The van der Waals surface area contributed by atoms with Gasteiger partial charge in [0.15, 0.2) is 5.82 Å². The first-order valence-electron chi connectivity index (χ1n) is 12.2. The molecular weight excluding hydrogens is 460 g/mol. The standard InChI is InChI=1S/C24H32N10O2/c1-16-13-32(14-17(2)33(16)18(3)35)21-12-22(27-15-26-21)34-23(25)29-24(30-34)28-19-4-6-20(7-5-19)31-8-10-36-11-9-31/h4-7,12,15-17H,8-11,13-14H2,1-3H3,(H3,25,28,29,30)/t16-,17+. The monoisotopic (exact) mass is 492 g/mol. The summed E-state index contributed by atoms with van der Waals surface area (Å²) in [4.78, 5) is 31.6. The molecule has 0 saturated carbocycles. The van der Waals surface area contributed by atoms with Crippen LogP contribution in [0, 0.1) is 0 Å². The van der Waals surface area contributed by atoms with Crippen LogP contribution in [-0.4, -0.2) is 87.0 Å². The predicted octanol–water partition coefficient (Wildman–Crippen LogP) is 1.67. The summed E-state index contributed by atoms with van der Waals surface area (Å²) in [6.07, 6.45) is 1.50. The van der Waals surface area contributed by atoms with Crippen LogP contribution in [0.15, 0.2) is 36.7 Å². The molecule has 2 aromatic heterocycles. The number of nitrogens with two attached hydrogens (primary N) is 1. The summed E-state index contributed by atoms with van der Waals surface area (Å²) in [7, 11) is 0. The second-order valence-electron chi connectivity index (χ2n) is 9.24. The highest BCUT2D eigenvalue weighted by atomic mass is 16.5. The number of morpholine rings is 1. The van der Waals surface area contributed by atoms with Crippen LogP contribution in [0.1, 0.15) is 20.8 Å². The predicted molar refractivity (Wildman–Crippen MR) is 138 cm³/mol. The summed E-state index contributed by atoms with van der Waals surface area (Å²) in [5, 5.41) is 7.73. The molecule has 36 heavy (non-hydrogen) atoms. The van der Waals surface area contributed by atoms with Crippen molar-refractivity contribution in [2.24, 2.45) is 0 Å². The van der Waals surface area contributed by atoms with Crippen molar-refractivity contribution in [1.29, 1.82) is 0 Å². The van der Waals surface area contributed by atoms with E-state index in [1.807, 2.05) is 36.9 Å². The third-order valence-corrected chi connectivity index (χ3v) is 6.59. The number of nitrogen functional groups attached to an aromatic ring is 1. The summed E-state index contributed by atoms with van der Waals surface area (Å²) < 4.78 is 6.92. The molecule has 2 aliphatic rings. The van der Waals surface area contributed by atoms with E-state index in [0.29, 0.717) is 24.9 Å². The minimum atomic E-state index is 0.0755. The molecule has 2 atom stereocenters. The lowest BCUT2D eigenvalue weighted by Gasteiger charge is -2.44. The van der Waals surface area contributed by atoms with E-state index in [4.69, 9.17) is 10.5 Å². The molecule has 0 spiro atoms. The molecule has 0 radical (unpaired) electrons. The number of amides is 1. The van der Waals surface area contributed by atoms with Gasteiger partial charge in [0.05, 0.1) is 13.2 Å². The fourth-order valence-electron chi connectivity index (χ4n) is 5.01. The van der Waals surface area contributed by atoms with Crippen LogP contribution in [0.25, 0.3) is 5.82 Å². The Morgan fingerprint density at radius 3 is 2.36 bits per heavy atom. The molecule has 12 heteroatoms. The first-order chi connectivity index (χ1) is 17.4. The van der Waals surface area contributed by atoms with E-state index in [1.165, 1.54) is 11.0 Å². The maximum atomic E-state index is 12.0. The summed E-state index contributed by atoms with van der Waals surface area (Å²) >= 11 is 0. The fourth-order valence-corrected chi connectivity index (χ4v) is 5.01. The summed E-state index contributed by atoms with van der Waals surface area (Å²) in [6.45, 7) is 10.3. The van der Waals surface area contributed by atoms with Crippen molar-refractivity contribution in [3.05, 3.63) is 36.7 Å². The maximum Gasteiger partial charge on any atom is 0.248 e. The summed E-state index contributed by atoms with van der Waals surface area (Å²) in [5.74, 6) is 1.96. The first kappa shape index (κ1) is 23.8. The molecule has 0 unspecified atom stereocenters. The highest BCUT2D eigenvalue weighted by molar-refractivity contribution is 5.74. The second kappa shape index (κ2) is 9.97. The summed E-state index contributed by atoms with van der Waals surface area (Å²) in [5.41, 5.74) is 8.20. The number of hydrogen-bond acceptors (Lipinski definition) is 10. The van der Waals surface area contributed by atoms with Crippen LogP contribution in [0.3, 0.4) is 0 Å². The zero-order valence-electron chi connectivity index (χ0n) is 20.8. The average Bonchev–Trinajstić information content (AvgIpc) is 3.24. The Balaban J connectivity index is 1.30. The minimum absolute atomic E-state index is 0.0755. The van der Waals surface area contributed by atoms with Gasteiger partial charge < -0.3 is 30.5 Å². The van der Waals surface area contributed by atoms with Crippen LogP contribution in [0.2, 0.25) is 0 Å². The van der Waals surface area contributed by atoms with Crippen LogP contribution in [0.4, 0.5) is 29.1 Å². The lowest BCUT2D eigenvalue weighted by molar-refractivity contribution is -0.133. The van der Waals surface area contributed by atoms with Gasteiger partial charge in [0.25, 0.3) is 0 Å². The Hall–Kier alpha value is -3.93. The quantitative estimate of drug-likeness (QED) is 0.542. The Labute approximate surface area is 210 Å². The van der Waals surface area contributed by atoms with Crippen molar-refractivity contribution in [2.45, 2.75) is 32.9 Å². The van der Waals surface area contributed by atoms with Crippen molar-refractivity contribution in [1.82, 2.24) is 29.6 Å². The highest BCUT2D eigenvalue weighted by Gasteiger charge is 2.31. The zero-order chi connectivity index (χ0) is 25.2. The highest BCUT2D eigenvalue weighted by Crippen LogP contribution is 2.24. The number of hydrogen-bond donors (Lipinski definition) is 2. The van der Waals surface area contributed by atoms with Crippen molar-refractivity contribution in [2.75, 3.05) is 60.2 Å². The Morgan fingerprint density at radius 2 is 1.69 bits per heavy atom. The number of carbonyl (C=O) groups is 1. The topological polar surface area (TPSA) is 131 Å². The van der Waals surface area contributed by atoms with Crippen molar-refractivity contribution in [3.8, 4) is 5.82 Å². The lowest BCUT2D eigenvalue weighted by atomic mass is 10.1. The molecular formula is C24H32N10O2. The van der Waals surface area contributed by atoms with E-state index in [1.54, 1.807) is 6.92 Å². The Kier molecular flexibility index (Phi) is 6.59. The van der Waals surface area contributed by atoms with Gasteiger partial charge in [-0.2, -0.15) is 9.67 Å². The fraction of sp³-hybridized carbons (Fsp3) is 0.458. The smallest absolute Gasteiger partial charge is 0.248 e. The second-order valence-corrected chi connectivity index (χ2v) is 9.24. The van der Waals surface area contributed by atoms with Crippen molar-refractivity contribution < 1.29 is 9.53 Å². The van der Waals surface area contributed by atoms with Crippen LogP contribution in [-0.2, 0) is 9.53 Å². The van der Waals surface area contributed by atoms with E-state index in [0.717, 1.165) is 43.5 Å². The lowest BCUT2D eigenvalue weighted by Crippen LogP contribution is -2.58. The number of carbonyl (C=O) groups excluding carboxylic acids is 1. The SMILES string of the molecule is CC(=O)N1[C@H](C)CN(c2cc(-n3nc(Nc4ccc(N5CCOCC5)cc4)nc3N)ncn2)C[C@@H]1C. The number of rotatable bonds is 5. The van der Waals surface area contributed by atoms with Gasteiger partial charge in [-0.25, -0.2) is 9.97 Å². The molecule has 1 aromatic carbocycles. The number of benzene rings is 1.